The molecular formula is C16H32. The average Bonchev–Trinajstić information content (AvgIpc) is 2.29. The van der Waals surface area contributed by atoms with E-state index >= 15 is 0 Å². The van der Waals surface area contributed by atoms with E-state index in [2.05, 4.69) is 27.7 Å². The Hall–Kier alpha value is 0. The normalized spacial score (nSPS) is 28.9. The highest BCUT2D eigenvalue weighted by atomic mass is 14.2. The first-order valence-corrected chi connectivity index (χ1v) is 7.59. The SMILES string of the molecule is CC(C)CC1CCCCC(C(C)C)CCC1. The molecule has 0 heteroatoms. The molecule has 0 aromatic rings. The molecule has 0 bridgehead atoms. The standard InChI is InChI=1S/C16H32/c1-13(2)12-15-8-5-6-10-16(14(3)4)11-7-9-15/h13-16H,5-12H2,1-4H3. The molecule has 1 aliphatic carbocycles. The minimum absolute atomic E-state index is 0.895. The third-order valence-electron chi connectivity index (χ3n) is 4.37. The highest BCUT2D eigenvalue weighted by Gasteiger charge is 2.18. The van der Waals surface area contributed by atoms with E-state index in [1.807, 2.05) is 0 Å². The van der Waals surface area contributed by atoms with Gasteiger partial charge in [-0.2, -0.15) is 0 Å². The first-order valence-electron chi connectivity index (χ1n) is 7.59. The van der Waals surface area contributed by atoms with Crippen molar-refractivity contribution in [3.05, 3.63) is 0 Å². The van der Waals surface area contributed by atoms with Crippen molar-refractivity contribution in [3.63, 3.8) is 0 Å². The Morgan fingerprint density at radius 2 is 1.38 bits per heavy atom. The second kappa shape index (κ2) is 7.35. The lowest BCUT2D eigenvalue weighted by molar-refractivity contribution is 0.316. The van der Waals surface area contributed by atoms with E-state index in [1.165, 1.54) is 51.4 Å². The van der Waals surface area contributed by atoms with Crippen LogP contribution >= 0.6 is 0 Å². The summed E-state index contributed by atoms with van der Waals surface area (Å²) < 4.78 is 0. The van der Waals surface area contributed by atoms with Crippen molar-refractivity contribution in [1.82, 2.24) is 0 Å². The maximum Gasteiger partial charge on any atom is -0.0391 e. The second-order valence-corrected chi connectivity index (χ2v) is 6.72. The van der Waals surface area contributed by atoms with Crippen molar-refractivity contribution in [2.24, 2.45) is 23.7 Å². The Labute approximate surface area is 103 Å². The molecule has 0 aromatic carbocycles. The third kappa shape index (κ3) is 5.37. The van der Waals surface area contributed by atoms with Gasteiger partial charge in [-0.3, -0.25) is 0 Å². The molecule has 0 heterocycles. The summed E-state index contributed by atoms with van der Waals surface area (Å²) in [6.45, 7) is 9.58. The molecule has 0 radical (unpaired) electrons. The van der Waals surface area contributed by atoms with E-state index in [-0.39, 0.29) is 0 Å². The molecule has 1 saturated carbocycles. The molecule has 1 aliphatic rings. The van der Waals surface area contributed by atoms with Gasteiger partial charge in [-0.25, -0.2) is 0 Å². The van der Waals surface area contributed by atoms with E-state index in [9.17, 15) is 0 Å². The summed E-state index contributed by atoms with van der Waals surface area (Å²) in [6.07, 6.45) is 11.9. The number of hydrogen-bond acceptors (Lipinski definition) is 0. The summed E-state index contributed by atoms with van der Waals surface area (Å²) >= 11 is 0. The van der Waals surface area contributed by atoms with Gasteiger partial charge in [-0.05, 0) is 30.1 Å². The van der Waals surface area contributed by atoms with Gasteiger partial charge in [0.05, 0.1) is 0 Å². The van der Waals surface area contributed by atoms with Crippen LogP contribution in [0.25, 0.3) is 0 Å². The maximum absolute atomic E-state index is 2.41. The largest absolute Gasteiger partial charge is 0.0628 e. The first kappa shape index (κ1) is 14.1. The van der Waals surface area contributed by atoms with E-state index in [0.717, 1.165) is 23.7 Å². The highest BCUT2D eigenvalue weighted by Crippen LogP contribution is 2.31. The first-order chi connectivity index (χ1) is 7.59. The van der Waals surface area contributed by atoms with Gasteiger partial charge in [0.1, 0.15) is 0 Å². The zero-order valence-electron chi connectivity index (χ0n) is 12.0. The van der Waals surface area contributed by atoms with Gasteiger partial charge in [0.15, 0.2) is 0 Å². The van der Waals surface area contributed by atoms with Crippen LogP contribution in [-0.2, 0) is 0 Å². The van der Waals surface area contributed by atoms with Crippen molar-refractivity contribution in [2.75, 3.05) is 0 Å². The fourth-order valence-electron chi connectivity index (χ4n) is 3.37. The Bertz CT molecular complexity index is 169. The molecule has 2 unspecified atom stereocenters. The molecule has 1 rings (SSSR count). The Balaban J connectivity index is 2.36. The number of hydrogen-bond donors (Lipinski definition) is 0. The van der Waals surface area contributed by atoms with Crippen molar-refractivity contribution < 1.29 is 0 Å². The van der Waals surface area contributed by atoms with Gasteiger partial charge >= 0.3 is 0 Å². The lowest BCUT2D eigenvalue weighted by Gasteiger charge is -2.20. The smallest absolute Gasteiger partial charge is 0.0391 e. The van der Waals surface area contributed by atoms with Crippen LogP contribution in [0.4, 0.5) is 0 Å². The van der Waals surface area contributed by atoms with Crippen LogP contribution in [0.2, 0.25) is 0 Å². The summed E-state index contributed by atoms with van der Waals surface area (Å²) in [5.74, 6) is 3.84. The van der Waals surface area contributed by atoms with E-state index < -0.39 is 0 Å². The Morgan fingerprint density at radius 1 is 0.812 bits per heavy atom. The molecule has 0 aromatic heterocycles. The fourth-order valence-corrected chi connectivity index (χ4v) is 3.37. The van der Waals surface area contributed by atoms with Crippen LogP contribution < -0.4 is 0 Å². The quantitative estimate of drug-likeness (QED) is 0.580. The average molecular weight is 224 g/mol. The Morgan fingerprint density at radius 3 is 2.00 bits per heavy atom. The van der Waals surface area contributed by atoms with Crippen molar-refractivity contribution in [3.8, 4) is 0 Å². The van der Waals surface area contributed by atoms with Crippen LogP contribution in [0.5, 0.6) is 0 Å². The third-order valence-corrected chi connectivity index (χ3v) is 4.37. The molecule has 0 nitrogen and oxygen atoms in total. The van der Waals surface area contributed by atoms with E-state index in [4.69, 9.17) is 0 Å². The summed E-state index contributed by atoms with van der Waals surface area (Å²) in [5.41, 5.74) is 0. The minimum Gasteiger partial charge on any atom is -0.0628 e. The summed E-state index contributed by atoms with van der Waals surface area (Å²) in [5, 5.41) is 0. The lowest BCUT2D eigenvalue weighted by Crippen LogP contribution is -2.08. The minimum atomic E-state index is 0.895. The van der Waals surface area contributed by atoms with Crippen molar-refractivity contribution in [1.29, 1.82) is 0 Å². The molecule has 0 amide bonds. The molecule has 0 aliphatic heterocycles. The molecular weight excluding hydrogens is 192 g/mol. The zero-order chi connectivity index (χ0) is 12.0. The van der Waals surface area contributed by atoms with Crippen LogP contribution in [0.3, 0.4) is 0 Å². The molecule has 0 N–H and O–H groups in total. The van der Waals surface area contributed by atoms with Gasteiger partial charge in [0, 0.05) is 0 Å². The van der Waals surface area contributed by atoms with E-state index in [0.29, 0.717) is 0 Å². The van der Waals surface area contributed by atoms with Crippen molar-refractivity contribution in [2.45, 2.75) is 79.1 Å². The van der Waals surface area contributed by atoms with Crippen LogP contribution in [0.1, 0.15) is 79.1 Å². The maximum atomic E-state index is 2.41. The van der Waals surface area contributed by atoms with Crippen LogP contribution in [0, 0.1) is 23.7 Å². The predicted molar refractivity (Wildman–Crippen MR) is 73.6 cm³/mol. The molecule has 2 atom stereocenters. The van der Waals surface area contributed by atoms with Gasteiger partial charge in [-0.1, -0.05) is 72.6 Å². The van der Waals surface area contributed by atoms with Crippen LogP contribution in [0.15, 0.2) is 0 Å². The second-order valence-electron chi connectivity index (χ2n) is 6.72. The highest BCUT2D eigenvalue weighted by molar-refractivity contribution is 4.70. The monoisotopic (exact) mass is 224 g/mol. The lowest BCUT2D eigenvalue weighted by atomic mass is 9.86. The van der Waals surface area contributed by atoms with E-state index in [1.54, 1.807) is 0 Å². The summed E-state index contributed by atoms with van der Waals surface area (Å²) in [6, 6.07) is 0. The summed E-state index contributed by atoms with van der Waals surface area (Å²) in [7, 11) is 0. The molecule has 1 fully saturated rings. The molecule has 96 valence electrons. The van der Waals surface area contributed by atoms with Gasteiger partial charge in [0.2, 0.25) is 0 Å². The van der Waals surface area contributed by atoms with Gasteiger partial charge in [-0.15, -0.1) is 0 Å². The fraction of sp³-hybridized carbons (Fsp3) is 1.00. The predicted octanol–water partition coefficient (Wildman–Crippen LogP) is 5.67. The zero-order valence-corrected chi connectivity index (χ0v) is 12.0. The topological polar surface area (TPSA) is 0 Å². The van der Waals surface area contributed by atoms with Gasteiger partial charge in [0.25, 0.3) is 0 Å². The van der Waals surface area contributed by atoms with Gasteiger partial charge < -0.3 is 0 Å². The number of rotatable bonds is 3. The summed E-state index contributed by atoms with van der Waals surface area (Å²) in [4.78, 5) is 0. The molecule has 0 saturated heterocycles. The molecule has 0 spiro atoms. The van der Waals surface area contributed by atoms with Crippen molar-refractivity contribution >= 4 is 0 Å². The molecule has 16 heavy (non-hydrogen) atoms. The Kier molecular flexibility index (Phi) is 6.46. The van der Waals surface area contributed by atoms with Crippen LogP contribution in [-0.4, -0.2) is 0 Å².